The molecule has 0 fully saturated rings. The number of methoxy groups -OCH3 is 1. The third-order valence-electron chi connectivity index (χ3n) is 2.02. The molecule has 19 heavy (non-hydrogen) atoms. The van der Waals surface area contributed by atoms with Gasteiger partial charge in [-0.05, 0) is 24.3 Å². The predicted octanol–water partition coefficient (Wildman–Crippen LogP) is 1.73. The lowest BCUT2D eigenvalue weighted by atomic mass is 10.3. The Labute approximate surface area is 104 Å². The molecule has 0 spiro atoms. The lowest BCUT2D eigenvalue weighted by molar-refractivity contribution is -0.274. The molecule has 0 aliphatic heterocycles. The summed E-state index contributed by atoms with van der Waals surface area (Å²) in [5.74, 6) is -1.22. The average Bonchev–Trinajstić information content (AvgIpc) is 2.70. The Morgan fingerprint density at radius 1 is 1.26 bits per heavy atom. The van der Waals surface area contributed by atoms with Crippen molar-refractivity contribution in [3.63, 3.8) is 0 Å². The molecule has 102 valence electrons. The Morgan fingerprint density at radius 3 is 2.37 bits per heavy atom. The number of rotatable bonds is 3. The maximum absolute atomic E-state index is 12.0. The van der Waals surface area contributed by atoms with E-state index >= 15 is 0 Å². The molecule has 0 radical (unpaired) electrons. The highest BCUT2D eigenvalue weighted by Crippen LogP contribution is 2.23. The summed E-state index contributed by atoms with van der Waals surface area (Å²) >= 11 is 0. The Morgan fingerprint density at radius 2 is 1.89 bits per heavy atom. The van der Waals surface area contributed by atoms with Gasteiger partial charge in [0, 0.05) is 0 Å². The molecular weight excluding hydrogens is 269 g/mol. The molecule has 0 atom stereocenters. The van der Waals surface area contributed by atoms with Crippen LogP contribution in [0.25, 0.3) is 5.69 Å². The van der Waals surface area contributed by atoms with Gasteiger partial charge in [0.2, 0.25) is 0 Å². The topological polar surface area (TPSA) is 66.5 Å². The highest BCUT2D eigenvalue weighted by molar-refractivity contribution is 5.36. The third kappa shape index (κ3) is 3.06. The Kier molecular flexibility index (Phi) is 3.19. The van der Waals surface area contributed by atoms with Crippen LogP contribution in [0.2, 0.25) is 0 Å². The molecule has 1 heterocycles. The van der Waals surface area contributed by atoms with E-state index in [9.17, 15) is 18.0 Å². The fourth-order valence-corrected chi connectivity index (χ4v) is 1.30. The van der Waals surface area contributed by atoms with Crippen LogP contribution in [0.3, 0.4) is 0 Å². The van der Waals surface area contributed by atoms with Crippen molar-refractivity contribution in [3.8, 4) is 17.5 Å². The van der Waals surface area contributed by atoms with Crippen molar-refractivity contribution in [2.24, 2.45) is 0 Å². The second-order valence-electron chi connectivity index (χ2n) is 3.29. The summed E-state index contributed by atoms with van der Waals surface area (Å²) in [5, 5.41) is 3.66. The molecule has 0 aliphatic carbocycles. The van der Waals surface area contributed by atoms with Gasteiger partial charge < -0.3 is 13.9 Å². The van der Waals surface area contributed by atoms with Gasteiger partial charge in [0.1, 0.15) is 5.75 Å². The molecule has 0 aliphatic rings. The quantitative estimate of drug-likeness (QED) is 0.854. The average molecular weight is 276 g/mol. The van der Waals surface area contributed by atoms with Crippen molar-refractivity contribution in [1.82, 2.24) is 9.78 Å². The van der Waals surface area contributed by atoms with E-state index in [-0.39, 0.29) is 11.8 Å². The molecule has 0 saturated carbocycles. The highest BCUT2D eigenvalue weighted by atomic mass is 19.4. The van der Waals surface area contributed by atoms with Gasteiger partial charge in [-0.3, -0.25) is 0 Å². The van der Waals surface area contributed by atoms with E-state index in [1.54, 1.807) is 0 Å². The van der Waals surface area contributed by atoms with Gasteiger partial charge in [-0.2, -0.15) is 4.68 Å². The summed E-state index contributed by atoms with van der Waals surface area (Å²) in [6, 6.07) is 4.56. The first-order valence-corrected chi connectivity index (χ1v) is 4.89. The van der Waals surface area contributed by atoms with Crippen LogP contribution in [-0.4, -0.2) is 23.3 Å². The smallest absolute Gasteiger partial charge is 0.452 e. The van der Waals surface area contributed by atoms with Crippen LogP contribution in [0, 0.1) is 0 Å². The third-order valence-corrected chi connectivity index (χ3v) is 2.02. The first kappa shape index (κ1) is 13.0. The fraction of sp³-hybridized carbons (Fsp3) is 0.200. The van der Waals surface area contributed by atoms with Gasteiger partial charge in [0.25, 0.3) is 0 Å². The molecule has 6 nitrogen and oxygen atoms in total. The number of alkyl halides is 3. The monoisotopic (exact) mass is 276 g/mol. The van der Waals surface area contributed by atoms with Gasteiger partial charge in [-0.25, -0.2) is 4.79 Å². The first-order valence-electron chi connectivity index (χ1n) is 4.89. The zero-order valence-electron chi connectivity index (χ0n) is 9.47. The van der Waals surface area contributed by atoms with Gasteiger partial charge in [-0.1, -0.05) is 5.10 Å². The van der Waals surface area contributed by atoms with Crippen LogP contribution in [0.1, 0.15) is 0 Å². The van der Waals surface area contributed by atoms with Gasteiger partial charge in [0.05, 0.1) is 12.8 Å². The lowest BCUT2D eigenvalue weighted by Crippen LogP contribution is -2.17. The Bertz CT molecular complexity index is 615. The zero-order valence-corrected chi connectivity index (χ0v) is 9.47. The highest BCUT2D eigenvalue weighted by Gasteiger charge is 2.31. The minimum absolute atomic E-state index is 0.214. The van der Waals surface area contributed by atoms with Crippen molar-refractivity contribution < 1.29 is 27.1 Å². The number of ether oxygens (including phenoxy) is 2. The summed E-state index contributed by atoms with van der Waals surface area (Å²) in [5.41, 5.74) is 0.214. The van der Waals surface area contributed by atoms with E-state index in [0.717, 1.165) is 16.8 Å². The van der Waals surface area contributed by atoms with E-state index in [0.29, 0.717) is 0 Å². The Balaban J connectivity index is 2.27. The molecule has 1 aromatic carbocycles. The van der Waals surface area contributed by atoms with Crippen LogP contribution in [0.15, 0.2) is 33.5 Å². The number of hydrogen-bond acceptors (Lipinski definition) is 5. The van der Waals surface area contributed by atoms with E-state index in [4.69, 9.17) is 0 Å². The minimum Gasteiger partial charge on any atom is -0.452 e. The van der Waals surface area contributed by atoms with E-state index in [1.165, 1.54) is 19.2 Å². The molecule has 9 heteroatoms. The van der Waals surface area contributed by atoms with E-state index in [2.05, 4.69) is 19.0 Å². The molecule has 0 bridgehead atoms. The number of nitrogens with zero attached hydrogens (tertiary/aromatic N) is 2. The second-order valence-corrected chi connectivity index (χ2v) is 3.29. The van der Waals surface area contributed by atoms with Crippen molar-refractivity contribution in [1.29, 1.82) is 0 Å². The zero-order chi connectivity index (χ0) is 14.0. The number of halogens is 3. The molecule has 2 rings (SSSR count). The number of benzene rings is 1. The molecule has 1 aromatic heterocycles. The summed E-state index contributed by atoms with van der Waals surface area (Å²) in [7, 11) is 1.26. The van der Waals surface area contributed by atoms with Crippen molar-refractivity contribution >= 4 is 0 Å². The summed E-state index contributed by atoms with van der Waals surface area (Å²) < 4.78 is 49.6. The second kappa shape index (κ2) is 4.67. The van der Waals surface area contributed by atoms with Gasteiger partial charge >= 0.3 is 18.2 Å². The van der Waals surface area contributed by atoms with Crippen LogP contribution in [0.5, 0.6) is 11.8 Å². The molecule has 0 amide bonds. The van der Waals surface area contributed by atoms with Gasteiger partial charge in [0.15, 0.2) is 0 Å². The minimum atomic E-state index is -4.77. The van der Waals surface area contributed by atoms with Crippen molar-refractivity contribution in [2.75, 3.05) is 7.11 Å². The van der Waals surface area contributed by atoms with Crippen molar-refractivity contribution in [2.45, 2.75) is 6.36 Å². The SMILES string of the molecule is COc1nn(-c2ccc(OC(F)(F)F)cc2)c(=O)o1. The maximum atomic E-state index is 12.0. The molecule has 0 N–H and O–H groups in total. The molecule has 2 aromatic rings. The number of aromatic nitrogens is 2. The van der Waals surface area contributed by atoms with Crippen LogP contribution < -0.4 is 15.2 Å². The van der Waals surface area contributed by atoms with E-state index < -0.39 is 17.9 Å². The predicted molar refractivity (Wildman–Crippen MR) is 55.3 cm³/mol. The first-order chi connectivity index (χ1) is 8.89. The lowest BCUT2D eigenvalue weighted by Gasteiger charge is -2.08. The largest absolute Gasteiger partial charge is 0.573 e. The van der Waals surface area contributed by atoms with E-state index in [1.807, 2.05) is 0 Å². The number of hydrogen-bond donors (Lipinski definition) is 0. The molecule has 0 unspecified atom stereocenters. The van der Waals surface area contributed by atoms with Crippen LogP contribution >= 0.6 is 0 Å². The maximum Gasteiger partial charge on any atom is 0.573 e. The van der Waals surface area contributed by atoms with Crippen LogP contribution in [-0.2, 0) is 0 Å². The summed E-state index contributed by atoms with van der Waals surface area (Å²) in [6.07, 6.45) is -5.02. The normalized spacial score (nSPS) is 11.4. The van der Waals surface area contributed by atoms with Gasteiger partial charge in [-0.15, -0.1) is 13.2 Å². The fourth-order valence-electron chi connectivity index (χ4n) is 1.30. The van der Waals surface area contributed by atoms with Crippen molar-refractivity contribution in [3.05, 3.63) is 34.8 Å². The molecular formula is C10H7F3N2O4. The molecule has 0 saturated heterocycles. The van der Waals surface area contributed by atoms with Crippen LogP contribution in [0.4, 0.5) is 13.2 Å². The Hall–Kier alpha value is -2.45. The standard InChI is InChI=1S/C10H7F3N2O4/c1-17-8-14-15(9(16)18-8)6-2-4-7(5-3-6)19-10(11,12)13/h2-5H,1H3. The summed E-state index contributed by atoms with van der Waals surface area (Å²) in [6.45, 7) is 0. The summed E-state index contributed by atoms with van der Waals surface area (Å²) in [4.78, 5) is 11.4.